The zero-order chi connectivity index (χ0) is 10.7. The summed E-state index contributed by atoms with van der Waals surface area (Å²) in [5.41, 5.74) is 7.48. The van der Waals surface area contributed by atoms with Gasteiger partial charge in [-0.2, -0.15) is 16.9 Å². The number of nitrogens with zero attached hydrogens (tertiary/aromatic N) is 2. The predicted molar refractivity (Wildman–Crippen MR) is 65.0 cm³/mol. The van der Waals surface area contributed by atoms with Gasteiger partial charge in [-0.05, 0) is 37.5 Å². The van der Waals surface area contributed by atoms with Crippen LogP contribution in [0.4, 0.5) is 0 Å². The van der Waals surface area contributed by atoms with Crippen molar-refractivity contribution in [3.8, 4) is 0 Å². The molecule has 0 saturated carbocycles. The quantitative estimate of drug-likeness (QED) is 0.846. The van der Waals surface area contributed by atoms with Gasteiger partial charge in [0.05, 0.1) is 0 Å². The van der Waals surface area contributed by atoms with Crippen LogP contribution >= 0.6 is 11.8 Å². The molecule has 2 atom stereocenters. The lowest BCUT2D eigenvalue weighted by molar-refractivity contribution is 0.555. The molecule has 15 heavy (non-hydrogen) atoms. The number of aromatic nitrogens is 2. The highest BCUT2D eigenvalue weighted by atomic mass is 32.2. The first-order chi connectivity index (χ1) is 7.27. The van der Waals surface area contributed by atoms with Gasteiger partial charge in [-0.1, -0.05) is 0 Å². The smallest absolute Gasteiger partial charge is 0.0492 e. The van der Waals surface area contributed by atoms with Crippen LogP contribution in [0.25, 0.3) is 0 Å². The van der Waals surface area contributed by atoms with Gasteiger partial charge >= 0.3 is 0 Å². The highest BCUT2D eigenvalue weighted by molar-refractivity contribution is 8.00. The van der Waals surface area contributed by atoms with Crippen molar-refractivity contribution < 1.29 is 0 Å². The van der Waals surface area contributed by atoms with Gasteiger partial charge in [0.15, 0.2) is 0 Å². The lowest BCUT2D eigenvalue weighted by Gasteiger charge is -2.17. The van der Waals surface area contributed by atoms with Crippen molar-refractivity contribution in [2.45, 2.75) is 37.0 Å². The molecule has 84 valence electrons. The van der Waals surface area contributed by atoms with E-state index in [-0.39, 0.29) is 0 Å². The third-order valence-electron chi connectivity index (χ3n) is 3.10. The maximum absolute atomic E-state index is 6.20. The van der Waals surface area contributed by atoms with Crippen LogP contribution in [0.3, 0.4) is 0 Å². The summed E-state index contributed by atoms with van der Waals surface area (Å²) in [5.74, 6) is 1.30. The number of hydrogen-bond acceptors (Lipinski definition) is 3. The maximum Gasteiger partial charge on any atom is 0.0492 e. The molecule has 1 aliphatic heterocycles. The van der Waals surface area contributed by atoms with E-state index in [0.717, 1.165) is 12.8 Å². The lowest BCUT2D eigenvalue weighted by Crippen LogP contribution is -2.31. The second kappa shape index (κ2) is 5.03. The first kappa shape index (κ1) is 11.0. The molecule has 0 radical (unpaired) electrons. The summed E-state index contributed by atoms with van der Waals surface area (Å²) >= 11 is 2.04. The van der Waals surface area contributed by atoms with Crippen LogP contribution in [-0.4, -0.2) is 26.8 Å². The van der Waals surface area contributed by atoms with Gasteiger partial charge in [-0.25, -0.2) is 0 Å². The standard InChI is InChI=1S/C11H19N3S/c1-14-9(6-7-13-14)4-5-10(12)11-3-2-8-15-11/h6-7,10-11H,2-5,8,12H2,1H3. The van der Waals surface area contributed by atoms with E-state index in [1.165, 1.54) is 24.3 Å². The molecule has 0 spiro atoms. The van der Waals surface area contributed by atoms with E-state index in [4.69, 9.17) is 5.73 Å². The van der Waals surface area contributed by atoms with Crippen molar-refractivity contribution >= 4 is 11.8 Å². The molecule has 0 amide bonds. The molecule has 3 nitrogen and oxygen atoms in total. The van der Waals surface area contributed by atoms with E-state index in [1.54, 1.807) is 0 Å². The Labute approximate surface area is 95.4 Å². The van der Waals surface area contributed by atoms with Crippen molar-refractivity contribution in [2.75, 3.05) is 5.75 Å². The molecule has 2 N–H and O–H groups in total. The lowest BCUT2D eigenvalue weighted by atomic mass is 10.0. The molecule has 2 unspecified atom stereocenters. The second-order valence-electron chi connectivity index (χ2n) is 4.20. The van der Waals surface area contributed by atoms with E-state index in [9.17, 15) is 0 Å². The topological polar surface area (TPSA) is 43.8 Å². The SMILES string of the molecule is Cn1nccc1CCC(N)C1CCCS1. The number of thioether (sulfide) groups is 1. The second-order valence-corrected chi connectivity index (χ2v) is 5.55. The molecule has 1 saturated heterocycles. The van der Waals surface area contributed by atoms with E-state index in [1.807, 2.05) is 29.7 Å². The molecule has 0 bridgehead atoms. The molecule has 1 fully saturated rings. The normalized spacial score (nSPS) is 23.2. The van der Waals surface area contributed by atoms with Gasteiger partial charge in [0.25, 0.3) is 0 Å². The molecular weight excluding hydrogens is 206 g/mol. The fraction of sp³-hybridized carbons (Fsp3) is 0.727. The van der Waals surface area contributed by atoms with E-state index < -0.39 is 0 Å². The first-order valence-corrected chi connectivity index (χ1v) is 6.66. The summed E-state index contributed by atoms with van der Waals surface area (Å²) < 4.78 is 1.94. The van der Waals surface area contributed by atoms with Crippen LogP contribution in [0.15, 0.2) is 12.3 Å². The monoisotopic (exact) mass is 225 g/mol. The Morgan fingerprint density at radius 2 is 2.60 bits per heavy atom. The molecule has 1 aromatic rings. The van der Waals surface area contributed by atoms with Crippen LogP contribution < -0.4 is 5.73 Å². The Kier molecular flexibility index (Phi) is 3.70. The molecule has 0 aromatic carbocycles. The fourth-order valence-corrected chi connectivity index (χ4v) is 3.44. The van der Waals surface area contributed by atoms with Crippen LogP contribution in [0, 0.1) is 0 Å². The summed E-state index contributed by atoms with van der Waals surface area (Å²) in [6.45, 7) is 0. The van der Waals surface area contributed by atoms with Crippen molar-refractivity contribution in [2.24, 2.45) is 12.8 Å². The van der Waals surface area contributed by atoms with Gasteiger partial charge in [-0.3, -0.25) is 4.68 Å². The minimum Gasteiger partial charge on any atom is -0.327 e. The fourth-order valence-electron chi connectivity index (χ4n) is 2.09. The maximum atomic E-state index is 6.20. The largest absolute Gasteiger partial charge is 0.327 e. The Morgan fingerprint density at radius 3 is 3.20 bits per heavy atom. The summed E-state index contributed by atoms with van der Waals surface area (Å²) in [4.78, 5) is 0. The predicted octanol–water partition coefficient (Wildman–Crippen LogP) is 1.58. The Morgan fingerprint density at radius 1 is 1.73 bits per heavy atom. The van der Waals surface area contributed by atoms with E-state index in [2.05, 4.69) is 11.2 Å². The molecule has 2 heterocycles. The summed E-state index contributed by atoms with van der Waals surface area (Å²) in [6.07, 6.45) is 6.63. The molecule has 2 rings (SSSR count). The minimum atomic E-state index is 0.354. The third kappa shape index (κ3) is 2.75. The molecule has 1 aliphatic rings. The molecule has 1 aromatic heterocycles. The van der Waals surface area contributed by atoms with E-state index in [0.29, 0.717) is 11.3 Å². The summed E-state index contributed by atoms with van der Waals surface area (Å²) in [6, 6.07) is 2.43. The zero-order valence-electron chi connectivity index (χ0n) is 9.22. The number of aryl methyl sites for hydroxylation is 2. The number of nitrogens with two attached hydrogens (primary N) is 1. The van der Waals surface area contributed by atoms with Gasteiger partial charge < -0.3 is 5.73 Å². The first-order valence-electron chi connectivity index (χ1n) is 5.61. The van der Waals surface area contributed by atoms with Crippen LogP contribution in [0.1, 0.15) is 25.0 Å². The average Bonchev–Trinajstić information content (AvgIpc) is 2.85. The van der Waals surface area contributed by atoms with Crippen molar-refractivity contribution in [3.63, 3.8) is 0 Å². The Balaban J connectivity index is 1.80. The summed E-state index contributed by atoms with van der Waals surface area (Å²) in [5, 5.41) is 4.86. The van der Waals surface area contributed by atoms with E-state index >= 15 is 0 Å². The highest BCUT2D eigenvalue weighted by Crippen LogP contribution is 2.29. The Hall–Kier alpha value is -0.480. The van der Waals surface area contributed by atoms with Gasteiger partial charge in [0, 0.05) is 30.2 Å². The van der Waals surface area contributed by atoms with Gasteiger partial charge in [0.1, 0.15) is 0 Å². The third-order valence-corrected chi connectivity index (χ3v) is 4.64. The van der Waals surface area contributed by atoms with Crippen LogP contribution in [0.5, 0.6) is 0 Å². The molecular formula is C11H19N3S. The van der Waals surface area contributed by atoms with Crippen molar-refractivity contribution in [1.29, 1.82) is 0 Å². The molecule has 0 aliphatic carbocycles. The van der Waals surface area contributed by atoms with Crippen molar-refractivity contribution in [3.05, 3.63) is 18.0 Å². The number of rotatable bonds is 4. The minimum absolute atomic E-state index is 0.354. The highest BCUT2D eigenvalue weighted by Gasteiger charge is 2.22. The van der Waals surface area contributed by atoms with Crippen LogP contribution in [-0.2, 0) is 13.5 Å². The van der Waals surface area contributed by atoms with Gasteiger partial charge in [-0.15, -0.1) is 0 Å². The average molecular weight is 225 g/mol. The Bertz CT molecular complexity index is 305. The van der Waals surface area contributed by atoms with Crippen LogP contribution in [0.2, 0.25) is 0 Å². The zero-order valence-corrected chi connectivity index (χ0v) is 10.0. The molecule has 4 heteroatoms. The summed E-state index contributed by atoms with van der Waals surface area (Å²) in [7, 11) is 1.99. The van der Waals surface area contributed by atoms with Crippen molar-refractivity contribution in [1.82, 2.24) is 9.78 Å². The number of hydrogen-bond donors (Lipinski definition) is 1. The van der Waals surface area contributed by atoms with Gasteiger partial charge in [0.2, 0.25) is 0 Å².